The van der Waals surface area contributed by atoms with Crippen LogP contribution in [0.15, 0.2) is 0 Å². The molecular weight excluding hydrogens is 113 g/mol. The Morgan fingerprint density at radius 1 is 2.00 bits per heavy atom. The fourth-order valence-electron chi connectivity index (χ4n) is 0.136. The molecule has 2 N–H and O–H groups in total. The standard InChI is InChI=1S/C3H8NO2P/c1-3(2-5)4-7-6/h2-4,6-7H,1H3/t3-/m0/s1. The maximum atomic E-state index is 9.73. The fourth-order valence-corrected chi connectivity index (χ4v) is 0.408. The van der Waals surface area contributed by atoms with E-state index in [1.807, 2.05) is 0 Å². The summed E-state index contributed by atoms with van der Waals surface area (Å²) < 4.78 is 0. The van der Waals surface area contributed by atoms with E-state index in [9.17, 15) is 4.79 Å². The molecule has 0 spiro atoms. The highest BCUT2D eigenvalue weighted by Gasteiger charge is 1.91. The van der Waals surface area contributed by atoms with Gasteiger partial charge in [-0.15, -0.1) is 0 Å². The molecule has 2 atom stereocenters. The van der Waals surface area contributed by atoms with Gasteiger partial charge in [0.2, 0.25) is 0 Å². The molecule has 0 aromatic rings. The number of rotatable bonds is 3. The monoisotopic (exact) mass is 121 g/mol. The van der Waals surface area contributed by atoms with Gasteiger partial charge in [0.05, 0.1) is 15.0 Å². The summed E-state index contributed by atoms with van der Waals surface area (Å²) in [6.45, 7) is 1.68. The van der Waals surface area contributed by atoms with Gasteiger partial charge < -0.3 is 9.69 Å². The summed E-state index contributed by atoms with van der Waals surface area (Å²) in [6.07, 6.45) is 0.739. The number of carbonyl (C=O) groups is 1. The molecule has 0 aliphatic rings. The van der Waals surface area contributed by atoms with Crippen LogP contribution >= 0.6 is 8.96 Å². The van der Waals surface area contributed by atoms with E-state index in [-0.39, 0.29) is 15.0 Å². The van der Waals surface area contributed by atoms with Crippen molar-refractivity contribution in [2.45, 2.75) is 13.0 Å². The number of carbonyl (C=O) groups excluding carboxylic acids is 1. The summed E-state index contributed by atoms with van der Waals surface area (Å²) in [5, 5.41) is 2.51. The lowest BCUT2D eigenvalue weighted by Crippen LogP contribution is -2.18. The Balaban J connectivity index is 2.98. The number of aldehydes is 1. The Hall–Kier alpha value is 0.0200. The third-order valence-corrected chi connectivity index (χ3v) is 1.08. The average molecular weight is 121 g/mol. The SMILES string of the molecule is C[C@@H](C=O)NPO. The number of hydrogen-bond donors (Lipinski definition) is 2. The normalized spacial score (nSPS) is 15.1. The molecule has 0 fully saturated rings. The van der Waals surface area contributed by atoms with Crippen molar-refractivity contribution in [3.63, 3.8) is 0 Å². The van der Waals surface area contributed by atoms with Crippen molar-refractivity contribution in [3.05, 3.63) is 0 Å². The van der Waals surface area contributed by atoms with Crippen LogP contribution in [-0.4, -0.2) is 17.2 Å². The van der Waals surface area contributed by atoms with Gasteiger partial charge in [0.15, 0.2) is 0 Å². The zero-order chi connectivity index (χ0) is 5.70. The molecule has 3 nitrogen and oxygen atoms in total. The van der Waals surface area contributed by atoms with Gasteiger partial charge >= 0.3 is 0 Å². The minimum atomic E-state index is -0.336. The molecule has 0 saturated heterocycles. The summed E-state index contributed by atoms with van der Waals surface area (Å²) in [5.41, 5.74) is 0. The van der Waals surface area contributed by atoms with Crippen LogP contribution < -0.4 is 5.09 Å². The molecule has 0 aliphatic carbocycles. The number of hydrogen-bond acceptors (Lipinski definition) is 3. The van der Waals surface area contributed by atoms with E-state index in [1.54, 1.807) is 6.92 Å². The van der Waals surface area contributed by atoms with Gasteiger partial charge in [0.25, 0.3) is 0 Å². The van der Waals surface area contributed by atoms with Crippen LogP contribution in [0.4, 0.5) is 0 Å². The van der Waals surface area contributed by atoms with Crippen molar-refractivity contribution >= 4 is 15.2 Å². The summed E-state index contributed by atoms with van der Waals surface area (Å²) in [7, 11) is -0.336. The van der Waals surface area contributed by atoms with Gasteiger partial charge in [-0.25, -0.2) is 0 Å². The minimum Gasteiger partial charge on any atom is -0.361 e. The molecule has 7 heavy (non-hydrogen) atoms. The highest BCUT2D eigenvalue weighted by molar-refractivity contribution is 7.28. The van der Waals surface area contributed by atoms with Gasteiger partial charge in [0, 0.05) is 0 Å². The molecule has 0 aromatic carbocycles. The highest BCUT2D eigenvalue weighted by atomic mass is 31.1. The van der Waals surface area contributed by atoms with Crippen LogP contribution in [0.3, 0.4) is 0 Å². The zero-order valence-electron chi connectivity index (χ0n) is 4.01. The summed E-state index contributed by atoms with van der Waals surface area (Å²) in [4.78, 5) is 17.9. The van der Waals surface area contributed by atoms with Crippen molar-refractivity contribution in [2.24, 2.45) is 0 Å². The second-order valence-corrected chi connectivity index (χ2v) is 1.69. The molecule has 0 heterocycles. The third kappa shape index (κ3) is 3.86. The smallest absolute Gasteiger partial charge is 0.136 e. The summed E-state index contributed by atoms with van der Waals surface area (Å²) >= 11 is 0. The Kier molecular flexibility index (Phi) is 4.20. The minimum absolute atomic E-state index is 0.219. The first-order chi connectivity index (χ1) is 3.31. The van der Waals surface area contributed by atoms with E-state index in [2.05, 4.69) is 5.09 Å². The van der Waals surface area contributed by atoms with Crippen molar-refractivity contribution in [2.75, 3.05) is 0 Å². The van der Waals surface area contributed by atoms with Gasteiger partial charge in [-0.3, -0.25) is 5.09 Å². The van der Waals surface area contributed by atoms with Crippen molar-refractivity contribution in [3.8, 4) is 0 Å². The Morgan fingerprint density at radius 3 is 2.71 bits per heavy atom. The van der Waals surface area contributed by atoms with E-state index >= 15 is 0 Å². The molecule has 0 amide bonds. The molecule has 0 radical (unpaired) electrons. The van der Waals surface area contributed by atoms with Gasteiger partial charge in [0.1, 0.15) is 6.29 Å². The topological polar surface area (TPSA) is 49.3 Å². The van der Waals surface area contributed by atoms with Crippen LogP contribution in [0.5, 0.6) is 0 Å². The largest absolute Gasteiger partial charge is 0.361 e. The van der Waals surface area contributed by atoms with Crippen LogP contribution in [0.25, 0.3) is 0 Å². The second kappa shape index (κ2) is 4.19. The molecule has 42 valence electrons. The first kappa shape index (κ1) is 7.02. The second-order valence-electron chi connectivity index (χ2n) is 1.18. The van der Waals surface area contributed by atoms with Gasteiger partial charge in [-0.05, 0) is 6.92 Å². The Bertz CT molecular complexity index is 58.9. The van der Waals surface area contributed by atoms with E-state index in [0.29, 0.717) is 0 Å². The predicted molar refractivity (Wildman–Crippen MR) is 29.2 cm³/mol. The lowest BCUT2D eigenvalue weighted by atomic mass is 10.4. The van der Waals surface area contributed by atoms with E-state index in [1.165, 1.54) is 0 Å². The molecule has 0 rings (SSSR count). The third-order valence-electron chi connectivity index (χ3n) is 0.496. The maximum absolute atomic E-state index is 9.73. The molecule has 1 unspecified atom stereocenters. The first-order valence-corrected chi connectivity index (χ1v) is 2.86. The van der Waals surface area contributed by atoms with Crippen molar-refractivity contribution in [1.29, 1.82) is 0 Å². The molecular formula is C3H8NO2P. The van der Waals surface area contributed by atoms with Crippen LogP contribution in [0, 0.1) is 0 Å². The summed E-state index contributed by atoms with van der Waals surface area (Å²) in [6, 6.07) is -0.219. The summed E-state index contributed by atoms with van der Waals surface area (Å²) in [5.74, 6) is 0. The molecule has 4 heteroatoms. The van der Waals surface area contributed by atoms with Crippen molar-refractivity contribution in [1.82, 2.24) is 5.09 Å². The van der Waals surface area contributed by atoms with Gasteiger partial charge in [-0.1, -0.05) is 0 Å². The fraction of sp³-hybridized carbons (Fsp3) is 0.667. The Labute approximate surface area is 44.0 Å². The van der Waals surface area contributed by atoms with Crippen LogP contribution in [-0.2, 0) is 4.79 Å². The van der Waals surface area contributed by atoms with E-state index in [0.717, 1.165) is 6.29 Å². The molecule has 0 saturated carbocycles. The Morgan fingerprint density at radius 2 is 2.57 bits per heavy atom. The van der Waals surface area contributed by atoms with E-state index in [4.69, 9.17) is 4.89 Å². The van der Waals surface area contributed by atoms with E-state index < -0.39 is 0 Å². The first-order valence-electron chi connectivity index (χ1n) is 1.91. The highest BCUT2D eigenvalue weighted by Crippen LogP contribution is 1.92. The molecule has 0 bridgehead atoms. The zero-order valence-corrected chi connectivity index (χ0v) is 5.01. The average Bonchev–Trinajstić information content (AvgIpc) is 1.68. The molecule has 0 aromatic heterocycles. The quantitative estimate of drug-likeness (QED) is 0.397. The lowest BCUT2D eigenvalue weighted by molar-refractivity contribution is -0.108. The van der Waals surface area contributed by atoms with Crippen molar-refractivity contribution < 1.29 is 9.69 Å². The molecule has 0 aliphatic heterocycles. The predicted octanol–water partition coefficient (Wildman–Crippen LogP) is -0.336. The van der Waals surface area contributed by atoms with Crippen LogP contribution in [0.2, 0.25) is 0 Å². The lowest BCUT2D eigenvalue weighted by Gasteiger charge is -1.98. The number of nitrogens with one attached hydrogen (secondary N) is 1. The van der Waals surface area contributed by atoms with Crippen LogP contribution in [0.1, 0.15) is 6.92 Å². The van der Waals surface area contributed by atoms with Gasteiger partial charge in [-0.2, -0.15) is 0 Å². The maximum Gasteiger partial charge on any atom is 0.136 e.